The minimum absolute atomic E-state index is 0.287. The Morgan fingerprint density at radius 3 is 2.82 bits per heavy atom. The first-order valence-electron chi connectivity index (χ1n) is 5.74. The van der Waals surface area contributed by atoms with Crippen LogP contribution in [0.25, 0.3) is 0 Å². The molecule has 0 aliphatic carbocycles. The molecule has 1 aliphatic rings. The average molecular weight is 237 g/mol. The summed E-state index contributed by atoms with van der Waals surface area (Å²) in [5, 5.41) is 9.23. The Morgan fingerprint density at radius 2 is 2.24 bits per heavy atom. The average Bonchev–Trinajstić information content (AvgIpc) is 2.27. The summed E-state index contributed by atoms with van der Waals surface area (Å²) < 4.78 is 13.2. The van der Waals surface area contributed by atoms with Gasteiger partial charge in [0.15, 0.2) is 0 Å². The van der Waals surface area contributed by atoms with Gasteiger partial charge in [0.1, 0.15) is 5.82 Å². The fraction of sp³-hybridized carbons (Fsp3) is 0.462. The Morgan fingerprint density at radius 1 is 1.53 bits per heavy atom. The second-order valence-corrected chi connectivity index (χ2v) is 4.76. The molecule has 0 aromatic heterocycles. The molecule has 0 fully saturated rings. The van der Waals surface area contributed by atoms with Crippen LogP contribution in [-0.4, -0.2) is 28.6 Å². The van der Waals surface area contributed by atoms with Crippen molar-refractivity contribution in [2.75, 3.05) is 6.54 Å². The minimum Gasteiger partial charge on any atom is -0.481 e. The van der Waals surface area contributed by atoms with Crippen molar-refractivity contribution in [3.8, 4) is 0 Å². The highest BCUT2D eigenvalue weighted by Crippen LogP contribution is 2.30. The maximum Gasteiger partial charge on any atom is 0.312 e. The van der Waals surface area contributed by atoms with Crippen LogP contribution < -0.4 is 0 Å². The fourth-order valence-electron chi connectivity index (χ4n) is 2.25. The number of aliphatic carboxylic acids is 1. The smallest absolute Gasteiger partial charge is 0.312 e. The zero-order valence-corrected chi connectivity index (χ0v) is 9.98. The number of carbonyl (C=O) groups is 1. The van der Waals surface area contributed by atoms with Crippen LogP contribution in [0.3, 0.4) is 0 Å². The third-order valence-electron chi connectivity index (χ3n) is 3.30. The lowest BCUT2D eigenvalue weighted by Gasteiger charge is -2.35. The predicted octanol–water partition coefficient (Wildman–Crippen LogP) is 2.22. The number of nitrogens with zero attached hydrogens (tertiary/aromatic N) is 1. The molecule has 1 aromatic rings. The van der Waals surface area contributed by atoms with Crippen molar-refractivity contribution in [2.24, 2.45) is 0 Å². The molecule has 2 rings (SSSR count). The number of carboxylic acids is 1. The van der Waals surface area contributed by atoms with Crippen LogP contribution in [0.15, 0.2) is 18.2 Å². The molecule has 0 radical (unpaired) electrons. The van der Waals surface area contributed by atoms with Crippen molar-refractivity contribution in [2.45, 2.75) is 32.4 Å². The van der Waals surface area contributed by atoms with Crippen molar-refractivity contribution in [1.29, 1.82) is 0 Å². The standard InChI is InChI=1S/C13H16FNO2/c1-8(2)15-6-9-3-4-10(14)5-11(9)12(7-15)13(16)17/h3-5,8,12H,6-7H2,1-2H3,(H,16,17). The molecule has 0 bridgehead atoms. The van der Waals surface area contributed by atoms with Crippen LogP contribution in [0.4, 0.5) is 4.39 Å². The number of benzene rings is 1. The quantitative estimate of drug-likeness (QED) is 0.857. The first kappa shape index (κ1) is 12.0. The Balaban J connectivity index is 2.42. The molecule has 4 heteroatoms. The number of halogens is 1. The van der Waals surface area contributed by atoms with E-state index < -0.39 is 11.9 Å². The van der Waals surface area contributed by atoms with Gasteiger partial charge in [-0.15, -0.1) is 0 Å². The summed E-state index contributed by atoms with van der Waals surface area (Å²) in [7, 11) is 0. The Bertz CT molecular complexity index is 445. The van der Waals surface area contributed by atoms with Gasteiger partial charge in [-0.3, -0.25) is 9.69 Å². The van der Waals surface area contributed by atoms with Crippen LogP contribution in [0, 0.1) is 5.82 Å². The van der Waals surface area contributed by atoms with Gasteiger partial charge >= 0.3 is 5.97 Å². The van der Waals surface area contributed by atoms with Crippen molar-refractivity contribution in [3.05, 3.63) is 35.1 Å². The topological polar surface area (TPSA) is 40.5 Å². The van der Waals surface area contributed by atoms with Crippen LogP contribution in [-0.2, 0) is 11.3 Å². The zero-order valence-electron chi connectivity index (χ0n) is 9.98. The van der Waals surface area contributed by atoms with Gasteiger partial charge in [0.25, 0.3) is 0 Å². The molecule has 0 saturated heterocycles. The number of hydrogen-bond donors (Lipinski definition) is 1. The summed E-state index contributed by atoms with van der Waals surface area (Å²) in [6, 6.07) is 4.72. The van der Waals surface area contributed by atoms with E-state index >= 15 is 0 Å². The summed E-state index contributed by atoms with van der Waals surface area (Å²) in [6.07, 6.45) is 0. The second kappa shape index (κ2) is 4.45. The molecular weight excluding hydrogens is 221 g/mol. The third-order valence-corrected chi connectivity index (χ3v) is 3.30. The number of hydrogen-bond acceptors (Lipinski definition) is 2. The molecule has 1 N–H and O–H groups in total. The summed E-state index contributed by atoms with van der Waals surface area (Å²) in [6.45, 7) is 5.21. The van der Waals surface area contributed by atoms with Gasteiger partial charge in [0, 0.05) is 19.1 Å². The van der Waals surface area contributed by atoms with Crippen molar-refractivity contribution >= 4 is 5.97 Å². The molecule has 1 unspecified atom stereocenters. The van der Waals surface area contributed by atoms with E-state index in [1.807, 2.05) is 13.8 Å². The molecule has 1 heterocycles. The van der Waals surface area contributed by atoms with Gasteiger partial charge in [-0.2, -0.15) is 0 Å². The first-order valence-corrected chi connectivity index (χ1v) is 5.74. The SMILES string of the molecule is CC(C)N1Cc2ccc(F)cc2C(C(=O)O)C1. The fourth-order valence-corrected chi connectivity index (χ4v) is 2.25. The van der Waals surface area contributed by atoms with E-state index in [1.54, 1.807) is 6.07 Å². The highest BCUT2D eigenvalue weighted by atomic mass is 19.1. The minimum atomic E-state index is -0.887. The van der Waals surface area contributed by atoms with Crippen LogP contribution in [0.2, 0.25) is 0 Å². The lowest BCUT2D eigenvalue weighted by Crippen LogP contribution is -2.40. The van der Waals surface area contributed by atoms with Crippen LogP contribution >= 0.6 is 0 Å². The molecule has 1 atom stereocenters. The molecule has 1 aromatic carbocycles. The van der Waals surface area contributed by atoms with Gasteiger partial charge in [-0.25, -0.2) is 4.39 Å². The van der Waals surface area contributed by atoms with Crippen molar-refractivity contribution in [3.63, 3.8) is 0 Å². The third kappa shape index (κ3) is 2.31. The maximum atomic E-state index is 13.2. The summed E-state index contributed by atoms with van der Waals surface area (Å²) in [5.74, 6) is -1.88. The van der Waals surface area contributed by atoms with Crippen LogP contribution in [0.1, 0.15) is 30.9 Å². The van der Waals surface area contributed by atoms with Crippen LogP contribution in [0.5, 0.6) is 0 Å². The van der Waals surface area contributed by atoms with E-state index in [0.29, 0.717) is 18.7 Å². The van der Waals surface area contributed by atoms with E-state index in [4.69, 9.17) is 0 Å². The summed E-state index contributed by atoms with van der Waals surface area (Å²) >= 11 is 0. The largest absolute Gasteiger partial charge is 0.481 e. The second-order valence-electron chi connectivity index (χ2n) is 4.76. The molecule has 0 spiro atoms. The van der Waals surface area contributed by atoms with Gasteiger partial charge in [0.05, 0.1) is 5.92 Å². The van der Waals surface area contributed by atoms with Gasteiger partial charge in [-0.1, -0.05) is 6.07 Å². The summed E-state index contributed by atoms with van der Waals surface area (Å²) in [4.78, 5) is 13.3. The monoisotopic (exact) mass is 237 g/mol. The molecular formula is C13H16FNO2. The highest BCUT2D eigenvalue weighted by Gasteiger charge is 2.31. The number of fused-ring (bicyclic) bond motifs is 1. The number of rotatable bonds is 2. The predicted molar refractivity (Wildman–Crippen MR) is 62.3 cm³/mol. The summed E-state index contributed by atoms with van der Waals surface area (Å²) in [5.41, 5.74) is 1.54. The van der Waals surface area contributed by atoms with E-state index in [9.17, 15) is 14.3 Å². The molecule has 3 nitrogen and oxygen atoms in total. The first-order chi connectivity index (χ1) is 7.99. The van der Waals surface area contributed by atoms with E-state index in [2.05, 4.69) is 4.90 Å². The molecule has 92 valence electrons. The number of carboxylic acid groups (broad SMARTS) is 1. The van der Waals surface area contributed by atoms with E-state index in [1.165, 1.54) is 12.1 Å². The lowest BCUT2D eigenvalue weighted by molar-refractivity contribution is -0.139. The molecule has 0 amide bonds. The molecule has 0 saturated carbocycles. The van der Waals surface area contributed by atoms with E-state index in [0.717, 1.165) is 5.56 Å². The molecule has 17 heavy (non-hydrogen) atoms. The van der Waals surface area contributed by atoms with Crippen molar-refractivity contribution in [1.82, 2.24) is 4.90 Å². The lowest BCUT2D eigenvalue weighted by atomic mass is 9.89. The van der Waals surface area contributed by atoms with Gasteiger partial charge < -0.3 is 5.11 Å². The Labute approximate surface area is 99.9 Å². The van der Waals surface area contributed by atoms with Crippen molar-refractivity contribution < 1.29 is 14.3 Å². The highest BCUT2D eigenvalue weighted by molar-refractivity contribution is 5.77. The Kier molecular flexibility index (Phi) is 3.15. The van der Waals surface area contributed by atoms with Gasteiger partial charge in [-0.05, 0) is 37.1 Å². The van der Waals surface area contributed by atoms with E-state index in [-0.39, 0.29) is 11.9 Å². The van der Waals surface area contributed by atoms with Gasteiger partial charge in [0.2, 0.25) is 0 Å². The maximum absolute atomic E-state index is 13.2. The zero-order chi connectivity index (χ0) is 12.6. The normalized spacial score (nSPS) is 20.4. The Hall–Kier alpha value is -1.42. The molecule has 1 aliphatic heterocycles.